The van der Waals surface area contributed by atoms with Crippen molar-refractivity contribution in [2.75, 3.05) is 0 Å². The summed E-state index contributed by atoms with van der Waals surface area (Å²) in [5.41, 5.74) is 1.42. The molecule has 0 radical (unpaired) electrons. The lowest BCUT2D eigenvalue weighted by Gasteiger charge is -2.29. The van der Waals surface area contributed by atoms with Gasteiger partial charge in [0.25, 0.3) is 17.7 Å². The van der Waals surface area contributed by atoms with Gasteiger partial charge < -0.3 is 9.26 Å². The van der Waals surface area contributed by atoms with E-state index in [2.05, 4.69) is 15.1 Å². The Labute approximate surface area is 189 Å². The lowest BCUT2D eigenvalue weighted by molar-refractivity contribution is 0.0265. The fraction of sp³-hybridized carbons (Fsp3) is 0.333. The zero-order valence-corrected chi connectivity index (χ0v) is 18.1. The Hall–Kier alpha value is -3.88. The molecule has 3 aromatic rings. The van der Waals surface area contributed by atoms with Gasteiger partial charge in [-0.2, -0.15) is 4.98 Å². The van der Waals surface area contributed by atoms with Gasteiger partial charge in [0, 0.05) is 24.0 Å². The van der Waals surface area contributed by atoms with Crippen molar-refractivity contribution in [3.8, 4) is 11.4 Å². The SMILES string of the molecule is CC(OC(=O)c1ccc2c(c1)C(=O)N(C1CCCCC1)C2=O)c1nc(-c2cccnc2)no1. The molecule has 1 atom stereocenters. The van der Waals surface area contributed by atoms with Crippen molar-refractivity contribution in [1.29, 1.82) is 0 Å². The Morgan fingerprint density at radius 1 is 1.12 bits per heavy atom. The summed E-state index contributed by atoms with van der Waals surface area (Å²) in [5, 5.41) is 3.90. The monoisotopic (exact) mass is 446 g/mol. The number of ether oxygens (including phenoxy) is 1. The summed E-state index contributed by atoms with van der Waals surface area (Å²) in [4.78, 5) is 48.2. The molecule has 2 aromatic heterocycles. The molecule has 5 rings (SSSR count). The minimum atomic E-state index is -0.806. The Bertz CT molecular complexity index is 1220. The quantitative estimate of drug-likeness (QED) is 0.427. The molecule has 1 aliphatic heterocycles. The maximum Gasteiger partial charge on any atom is 0.338 e. The molecule has 1 unspecified atom stereocenters. The number of carbonyl (C=O) groups is 3. The number of rotatable bonds is 5. The minimum absolute atomic E-state index is 0.0758. The fourth-order valence-electron chi connectivity index (χ4n) is 4.35. The van der Waals surface area contributed by atoms with Crippen molar-refractivity contribution in [3.63, 3.8) is 0 Å². The third kappa shape index (κ3) is 3.90. The Morgan fingerprint density at radius 3 is 2.67 bits per heavy atom. The van der Waals surface area contributed by atoms with Crippen LogP contribution in [0.15, 0.2) is 47.2 Å². The zero-order chi connectivity index (χ0) is 22.9. The standard InChI is InChI=1S/C24H22N4O5/c1-14(21-26-20(27-33-21)16-6-5-11-25-13-16)32-24(31)15-9-10-18-19(12-15)23(30)28(22(18)29)17-7-3-2-4-8-17/h5-6,9-14,17H,2-4,7-8H2,1H3. The second-order valence-corrected chi connectivity index (χ2v) is 8.28. The van der Waals surface area contributed by atoms with Gasteiger partial charge >= 0.3 is 5.97 Å². The molecule has 168 valence electrons. The first-order chi connectivity index (χ1) is 16.0. The van der Waals surface area contributed by atoms with E-state index in [0.717, 1.165) is 32.1 Å². The van der Waals surface area contributed by atoms with Crippen LogP contribution in [0.1, 0.15) is 82.1 Å². The number of carbonyl (C=O) groups excluding carboxylic acids is 3. The predicted octanol–water partition coefficient (Wildman–Crippen LogP) is 3.98. The molecule has 33 heavy (non-hydrogen) atoms. The predicted molar refractivity (Wildman–Crippen MR) is 115 cm³/mol. The van der Waals surface area contributed by atoms with Gasteiger partial charge in [-0.05, 0) is 50.1 Å². The number of aromatic nitrogens is 3. The summed E-state index contributed by atoms with van der Waals surface area (Å²) in [6.45, 7) is 1.62. The summed E-state index contributed by atoms with van der Waals surface area (Å²) in [5.74, 6) is -0.807. The largest absolute Gasteiger partial charge is 0.449 e. The number of hydrogen-bond donors (Lipinski definition) is 0. The average molecular weight is 446 g/mol. The van der Waals surface area contributed by atoms with Crippen molar-refractivity contribution in [1.82, 2.24) is 20.0 Å². The van der Waals surface area contributed by atoms with Crippen LogP contribution in [0, 0.1) is 0 Å². The van der Waals surface area contributed by atoms with Gasteiger partial charge in [0.05, 0.1) is 16.7 Å². The number of esters is 1. The van der Waals surface area contributed by atoms with E-state index >= 15 is 0 Å². The van der Waals surface area contributed by atoms with Crippen LogP contribution >= 0.6 is 0 Å². The molecule has 1 aliphatic carbocycles. The van der Waals surface area contributed by atoms with Gasteiger partial charge in [-0.1, -0.05) is 24.4 Å². The molecule has 0 spiro atoms. The molecule has 0 N–H and O–H groups in total. The Kier molecular flexibility index (Phi) is 5.45. The third-order valence-corrected chi connectivity index (χ3v) is 6.09. The molecule has 1 fully saturated rings. The summed E-state index contributed by atoms with van der Waals surface area (Å²) in [7, 11) is 0. The molecule has 0 saturated heterocycles. The van der Waals surface area contributed by atoms with Crippen LogP contribution in [-0.2, 0) is 4.74 Å². The maximum atomic E-state index is 13.0. The molecule has 9 heteroatoms. The van der Waals surface area contributed by atoms with Crippen LogP contribution in [0.4, 0.5) is 0 Å². The Balaban J connectivity index is 1.31. The van der Waals surface area contributed by atoms with Crippen LogP contribution in [0.5, 0.6) is 0 Å². The summed E-state index contributed by atoms with van der Waals surface area (Å²) >= 11 is 0. The molecule has 0 bridgehead atoms. The second kappa shape index (κ2) is 8.57. The smallest absolute Gasteiger partial charge is 0.338 e. The van der Waals surface area contributed by atoms with Gasteiger partial charge in [0.1, 0.15) is 0 Å². The normalized spacial score (nSPS) is 17.2. The summed E-state index contributed by atoms with van der Waals surface area (Å²) < 4.78 is 10.7. The number of nitrogens with zero attached hydrogens (tertiary/aromatic N) is 4. The van der Waals surface area contributed by atoms with E-state index in [4.69, 9.17) is 9.26 Å². The van der Waals surface area contributed by atoms with Gasteiger partial charge in [0.2, 0.25) is 5.82 Å². The average Bonchev–Trinajstić information content (AvgIpc) is 3.44. The topological polar surface area (TPSA) is 115 Å². The first-order valence-electron chi connectivity index (χ1n) is 11.0. The van der Waals surface area contributed by atoms with Gasteiger partial charge in [0.15, 0.2) is 6.10 Å². The van der Waals surface area contributed by atoms with E-state index in [-0.39, 0.29) is 34.9 Å². The van der Waals surface area contributed by atoms with Crippen molar-refractivity contribution in [2.24, 2.45) is 0 Å². The molecular weight excluding hydrogens is 424 g/mol. The van der Waals surface area contributed by atoms with Gasteiger partial charge in [-0.3, -0.25) is 19.5 Å². The first-order valence-corrected chi connectivity index (χ1v) is 11.0. The molecule has 1 saturated carbocycles. The molecule has 3 heterocycles. The number of benzene rings is 1. The zero-order valence-electron chi connectivity index (χ0n) is 18.1. The highest BCUT2D eigenvalue weighted by atomic mass is 16.6. The molecule has 2 amide bonds. The highest BCUT2D eigenvalue weighted by molar-refractivity contribution is 6.22. The van der Waals surface area contributed by atoms with E-state index < -0.39 is 12.1 Å². The van der Waals surface area contributed by atoms with Crippen LogP contribution in [0.25, 0.3) is 11.4 Å². The molecular formula is C24H22N4O5. The van der Waals surface area contributed by atoms with E-state index in [1.165, 1.54) is 23.1 Å². The number of imide groups is 1. The maximum absolute atomic E-state index is 13.0. The fourth-order valence-corrected chi connectivity index (χ4v) is 4.35. The van der Waals surface area contributed by atoms with Crippen molar-refractivity contribution in [3.05, 3.63) is 65.3 Å². The number of fused-ring (bicyclic) bond motifs is 1. The van der Waals surface area contributed by atoms with E-state index in [1.54, 1.807) is 31.5 Å². The van der Waals surface area contributed by atoms with Crippen molar-refractivity contribution in [2.45, 2.75) is 51.2 Å². The number of hydrogen-bond acceptors (Lipinski definition) is 8. The van der Waals surface area contributed by atoms with Gasteiger partial charge in [-0.15, -0.1) is 0 Å². The first kappa shape index (κ1) is 21.0. The molecule has 9 nitrogen and oxygen atoms in total. The lowest BCUT2D eigenvalue weighted by atomic mass is 9.94. The Morgan fingerprint density at radius 2 is 1.91 bits per heavy atom. The van der Waals surface area contributed by atoms with Crippen LogP contribution in [0.3, 0.4) is 0 Å². The minimum Gasteiger partial charge on any atom is -0.449 e. The lowest BCUT2D eigenvalue weighted by Crippen LogP contribution is -2.40. The number of amides is 2. The summed E-state index contributed by atoms with van der Waals surface area (Å²) in [6, 6.07) is 7.92. The van der Waals surface area contributed by atoms with Gasteiger partial charge in [-0.25, -0.2) is 4.79 Å². The summed E-state index contributed by atoms with van der Waals surface area (Å²) in [6.07, 6.45) is 7.21. The van der Waals surface area contributed by atoms with E-state index in [1.807, 2.05) is 0 Å². The van der Waals surface area contributed by atoms with Crippen LogP contribution in [0.2, 0.25) is 0 Å². The highest BCUT2D eigenvalue weighted by Gasteiger charge is 2.40. The second-order valence-electron chi connectivity index (χ2n) is 8.28. The van der Waals surface area contributed by atoms with Crippen LogP contribution < -0.4 is 0 Å². The van der Waals surface area contributed by atoms with Crippen molar-refractivity contribution >= 4 is 17.8 Å². The third-order valence-electron chi connectivity index (χ3n) is 6.09. The van der Waals surface area contributed by atoms with Crippen LogP contribution in [-0.4, -0.2) is 43.9 Å². The number of pyridine rings is 1. The highest BCUT2D eigenvalue weighted by Crippen LogP contribution is 2.32. The van der Waals surface area contributed by atoms with Crippen molar-refractivity contribution < 1.29 is 23.6 Å². The van der Waals surface area contributed by atoms with E-state index in [0.29, 0.717) is 17.0 Å². The van der Waals surface area contributed by atoms with E-state index in [9.17, 15) is 14.4 Å². The molecule has 1 aromatic carbocycles. The molecule has 2 aliphatic rings.